The maximum absolute atomic E-state index is 13.7. The summed E-state index contributed by atoms with van der Waals surface area (Å²) in [5.74, 6) is -8.46. The molecule has 2 aromatic carbocycles. The number of nitrogens with zero attached hydrogens (tertiary/aromatic N) is 2. The van der Waals surface area contributed by atoms with Crippen LogP contribution in [0.25, 0.3) is 0 Å². The molecule has 0 unspecified atom stereocenters. The van der Waals surface area contributed by atoms with E-state index < -0.39 is 41.5 Å². The third-order valence-electron chi connectivity index (χ3n) is 5.18. The van der Waals surface area contributed by atoms with Crippen LogP contribution < -0.4 is 10.1 Å². The summed E-state index contributed by atoms with van der Waals surface area (Å²) in [6, 6.07) is 10.0. The van der Waals surface area contributed by atoms with E-state index in [2.05, 4.69) is 10.4 Å². The quantitative estimate of drug-likeness (QED) is 0.239. The summed E-state index contributed by atoms with van der Waals surface area (Å²) in [7, 11) is 0. The lowest BCUT2D eigenvalue weighted by atomic mass is 10.2. The molecular weight excluding hydrogens is 490 g/mol. The molecule has 0 aliphatic heterocycles. The molecule has 6 nitrogen and oxygen atoms in total. The predicted octanol–water partition coefficient (Wildman–Crippen LogP) is 6.18. The molecule has 0 bridgehead atoms. The van der Waals surface area contributed by atoms with Gasteiger partial charge in [-0.05, 0) is 43.7 Å². The van der Waals surface area contributed by atoms with Crippen molar-refractivity contribution in [3.8, 4) is 5.75 Å². The summed E-state index contributed by atoms with van der Waals surface area (Å²) in [4.78, 5) is 12.7. The Kier molecular flexibility index (Phi) is 6.83. The lowest BCUT2D eigenvalue weighted by Crippen LogP contribution is -2.12. The Balaban J connectivity index is 1.44. The fourth-order valence-corrected chi connectivity index (χ4v) is 3.49. The molecule has 0 saturated heterocycles. The maximum atomic E-state index is 13.7. The van der Waals surface area contributed by atoms with E-state index in [1.165, 1.54) is 12.1 Å². The van der Waals surface area contributed by atoms with Crippen LogP contribution in [0.1, 0.15) is 33.3 Å². The zero-order valence-electron chi connectivity index (χ0n) is 18.5. The van der Waals surface area contributed by atoms with E-state index in [9.17, 15) is 22.4 Å². The minimum Gasteiger partial charge on any atom is -0.479 e. The molecule has 0 saturated carbocycles. The Hall–Kier alpha value is -3.79. The van der Waals surface area contributed by atoms with Crippen LogP contribution in [0.4, 0.5) is 23.2 Å². The molecule has 1 amide bonds. The van der Waals surface area contributed by atoms with Crippen LogP contribution in [0.3, 0.4) is 0 Å². The smallest absolute Gasteiger partial charge is 0.291 e. The average Bonchev–Trinajstić information content (AvgIpc) is 3.40. The van der Waals surface area contributed by atoms with Crippen molar-refractivity contribution in [2.45, 2.75) is 27.0 Å². The molecule has 1 N–H and O–H groups in total. The molecule has 4 aromatic rings. The first kappa shape index (κ1) is 24.3. The van der Waals surface area contributed by atoms with Crippen LogP contribution >= 0.6 is 11.6 Å². The number of anilines is 1. The van der Waals surface area contributed by atoms with Gasteiger partial charge in [0.05, 0.1) is 23.6 Å². The van der Waals surface area contributed by atoms with Crippen LogP contribution in [0, 0.1) is 37.1 Å². The first-order valence-corrected chi connectivity index (χ1v) is 10.7. The number of furan rings is 1. The van der Waals surface area contributed by atoms with Crippen LogP contribution in [0.2, 0.25) is 5.02 Å². The van der Waals surface area contributed by atoms with Gasteiger partial charge in [-0.2, -0.15) is 13.9 Å². The fourth-order valence-electron chi connectivity index (χ4n) is 3.37. The minimum atomic E-state index is -1.67. The van der Waals surface area contributed by atoms with Crippen molar-refractivity contribution in [1.82, 2.24) is 9.78 Å². The number of benzene rings is 2. The van der Waals surface area contributed by atoms with Crippen molar-refractivity contribution in [3.63, 3.8) is 0 Å². The van der Waals surface area contributed by atoms with E-state index in [1.54, 1.807) is 30.7 Å². The third-order valence-corrected chi connectivity index (χ3v) is 5.43. The summed E-state index contributed by atoms with van der Waals surface area (Å²) in [6.07, 6.45) is 0. The Morgan fingerprint density at radius 3 is 2.37 bits per heavy atom. The topological polar surface area (TPSA) is 69.3 Å². The number of halogens is 5. The molecule has 35 heavy (non-hydrogen) atoms. The Morgan fingerprint density at radius 2 is 1.71 bits per heavy atom. The van der Waals surface area contributed by atoms with Gasteiger partial charge in [-0.15, -0.1) is 0 Å². The number of nitrogens with one attached hydrogen (secondary N) is 1. The second-order valence-electron chi connectivity index (χ2n) is 7.64. The number of carbonyl (C=O) groups is 1. The normalized spacial score (nSPS) is 11.1. The Labute approximate surface area is 202 Å². The molecule has 0 aliphatic carbocycles. The van der Waals surface area contributed by atoms with Gasteiger partial charge < -0.3 is 14.5 Å². The molecule has 0 atom stereocenters. The summed E-state index contributed by atoms with van der Waals surface area (Å²) < 4.78 is 66.1. The van der Waals surface area contributed by atoms with E-state index in [0.717, 1.165) is 5.56 Å². The first-order chi connectivity index (χ1) is 16.6. The van der Waals surface area contributed by atoms with Crippen LogP contribution in [-0.4, -0.2) is 15.7 Å². The standard InChI is InChI=1S/C24H18ClF4N3O3/c1-12-22(13(2)32(31-12)10-14-3-5-15(25)6-4-14)30-24(33)19-8-7-16(35-19)11-34-23-20(28)17(26)9-18(27)21(23)29/h3-9H,10-11H2,1-2H3,(H,30,33). The SMILES string of the molecule is Cc1nn(Cc2ccc(Cl)cc2)c(C)c1NC(=O)c1ccc(COc2c(F)c(F)cc(F)c2F)o1. The van der Waals surface area contributed by atoms with Gasteiger partial charge in [0.2, 0.25) is 11.6 Å². The first-order valence-electron chi connectivity index (χ1n) is 10.3. The highest BCUT2D eigenvalue weighted by molar-refractivity contribution is 6.30. The van der Waals surface area contributed by atoms with Gasteiger partial charge in [-0.25, -0.2) is 8.78 Å². The molecule has 0 fully saturated rings. The van der Waals surface area contributed by atoms with Gasteiger partial charge in [-0.3, -0.25) is 9.48 Å². The number of hydrogen-bond acceptors (Lipinski definition) is 4. The number of aromatic nitrogens is 2. The molecule has 4 rings (SSSR count). The summed E-state index contributed by atoms with van der Waals surface area (Å²) in [5, 5.41) is 7.81. The van der Waals surface area contributed by atoms with Crippen molar-refractivity contribution >= 4 is 23.2 Å². The van der Waals surface area contributed by atoms with Crippen molar-refractivity contribution in [3.05, 3.63) is 99.2 Å². The summed E-state index contributed by atoms with van der Waals surface area (Å²) in [6.45, 7) is 3.44. The molecular formula is C24H18ClF4N3O3. The molecule has 0 spiro atoms. The molecule has 2 heterocycles. The van der Waals surface area contributed by atoms with E-state index in [-0.39, 0.29) is 17.6 Å². The summed E-state index contributed by atoms with van der Waals surface area (Å²) >= 11 is 5.92. The molecule has 182 valence electrons. The van der Waals surface area contributed by atoms with Gasteiger partial charge in [0.25, 0.3) is 5.91 Å². The molecule has 11 heteroatoms. The van der Waals surface area contributed by atoms with E-state index in [1.807, 2.05) is 12.1 Å². The zero-order chi connectivity index (χ0) is 25.3. The van der Waals surface area contributed by atoms with Crippen molar-refractivity contribution < 1.29 is 31.5 Å². The number of hydrogen-bond donors (Lipinski definition) is 1. The van der Waals surface area contributed by atoms with Crippen LogP contribution in [-0.2, 0) is 13.2 Å². The van der Waals surface area contributed by atoms with Gasteiger partial charge in [0, 0.05) is 11.1 Å². The molecule has 0 aliphatic rings. The minimum absolute atomic E-state index is 0.00509. The van der Waals surface area contributed by atoms with E-state index in [0.29, 0.717) is 28.6 Å². The number of carbonyl (C=O) groups excluding carboxylic acids is 1. The monoisotopic (exact) mass is 507 g/mol. The number of amides is 1. The number of aryl methyl sites for hydroxylation is 1. The third kappa shape index (κ3) is 5.17. The lowest BCUT2D eigenvalue weighted by Gasteiger charge is -2.08. The Morgan fingerprint density at radius 1 is 1.06 bits per heavy atom. The maximum Gasteiger partial charge on any atom is 0.291 e. The number of ether oxygens (including phenoxy) is 1. The second kappa shape index (κ2) is 9.83. The molecule has 2 aromatic heterocycles. The highest BCUT2D eigenvalue weighted by atomic mass is 35.5. The highest BCUT2D eigenvalue weighted by Crippen LogP contribution is 2.28. The number of rotatable bonds is 7. The van der Waals surface area contributed by atoms with Crippen LogP contribution in [0.5, 0.6) is 5.75 Å². The Bertz CT molecular complexity index is 1370. The fraction of sp³-hybridized carbons (Fsp3) is 0.167. The molecule has 0 radical (unpaired) electrons. The van der Waals surface area contributed by atoms with E-state index in [4.69, 9.17) is 20.8 Å². The van der Waals surface area contributed by atoms with Gasteiger partial charge in [-0.1, -0.05) is 23.7 Å². The van der Waals surface area contributed by atoms with Gasteiger partial charge in [0.1, 0.15) is 12.4 Å². The largest absolute Gasteiger partial charge is 0.479 e. The van der Waals surface area contributed by atoms with Crippen LogP contribution in [0.15, 0.2) is 46.9 Å². The van der Waals surface area contributed by atoms with Crippen molar-refractivity contribution in [1.29, 1.82) is 0 Å². The van der Waals surface area contributed by atoms with Crippen molar-refractivity contribution in [2.24, 2.45) is 0 Å². The summed E-state index contributed by atoms with van der Waals surface area (Å²) in [5.41, 5.74) is 2.76. The highest BCUT2D eigenvalue weighted by Gasteiger charge is 2.22. The van der Waals surface area contributed by atoms with Gasteiger partial charge in [0.15, 0.2) is 23.1 Å². The van der Waals surface area contributed by atoms with Gasteiger partial charge >= 0.3 is 0 Å². The van der Waals surface area contributed by atoms with Crippen molar-refractivity contribution in [2.75, 3.05) is 5.32 Å². The van der Waals surface area contributed by atoms with E-state index >= 15 is 0 Å². The predicted molar refractivity (Wildman–Crippen MR) is 120 cm³/mol. The lowest BCUT2D eigenvalue weighted by molar-refractivity contribution is 0.0992. The zero-order valence-corrected chi connectivity index (χ0v) is 19.2. The second-order valence-corrected chi connectivity index (χ2v) is 8.07. The average molecular weight is 508 g/mol.